The molecule has 2 N–H and O–H groups in total. The predicted octanol–water partition coefficient (Wildman–Crippen LogP) is 1.71. The molecule has 1 aromatic carbocycles. The lowest BCUT2D eigenvalue weighted by molar-refractivity contribution is 0.0945. The monoisotopic (exact) mass is 243 g/mol. The number of rotatable bonds is 5. The minimum absolute atomic E-state index is 0.0578. The molecule has 0 fully saturated rings. The van der Waals surface area contributed by atoms with Crippen molar-refractivity contribution in [3.63, 3.8) is 0 Å². The van der Waals surface area contributed by atoms with E-state index in [1.807, 2.05) is 6.92 Å². The molecule has 0 aromatic heterocycles. The van der Waals surface area contributed by atoms with E-state index >= 15 is 0 Å². The van der Waals surface area contributed by atoms with Gasteiger partial charge in [-0.3, -0.25) is 4.79 Å². The Morgan fingerprint density at radius 3 is 2.71 bits per heavy atom. The molecule has 1 amide bonds. The number of benzene rings is 1. The number of carbonyl (C=O) groups is 1. The topological polar surface area (TPSA) is 49.3 Å². The number of halogens is 2. The average molecular weight is 243 g/mol. The third kappa shape index (κ3) is 4.11. The Morgan fingerprint density at radius 1 is 1.41 bits per heavy atom. The lowest BCUT2D eigenvalue weighted by atomic mass is 10.1. The minimum Gasteiger partial charge on any atom is -0.396 e. The van der Waals surface area contributed by atoms with Gasteiger partial charge in [-0.05, 0) is 30.5 Å². The van der Waals surface area contributed by atoms with E-state index < -0.39 is 17.5 Å². The molecule has 0 radical (unpaired) electrons. The first kappa shape index (κ1) is 13.6. The molecular formula is C12H15F2NO2. The van der Waals surface area contributed by atoms with Gasteiger partial charge in [-0.25, -0.2) is 8.78 Å². The van der Waals surface area contributed by atoms with Gasteiger partial charge in [0.25, 0.3) is 5.91 Å². The largest absolute Gasteiger partial charge is 0.396 e. The van der Waals surface area contributed by atoms with Crippen LogP contribution in [0.1, 0.15) is 23.7 Å². The van der Waals surface area contributed by atoms with Gasteiger partial charge in [-0.15, -0.1) is 0 Å². The second kappa shape index (κ2) is 6.30. The summed E-state index contributed by atoms with van der Waals surface area (Å²) in [6.45, 7) is 2.32. The molecule has 0 saturated heterocycles. The highest BCUT2D eigenvalue weighted by Gasteiger charge is 2.10. The first-order valence-corrected chi connectivity index (χ1v) is 5.38. The first-order chi connectivity index (χ1) is 8.04. The molecule has 1 atom stereocenters. The first-order valence-electron chi connectivity index (χ1n) is 5.38. The van der Waals surface area contributed by atoms with Gasteiger partial charge in [-0.1, -0.05) is 6.92 Å². The van der Waals surface area contributed by atoms with Gasteiger partial charge in [0.1, 0.15) is 0 Å². The maximum atomic E-state index is 12.9. The normalized spacial score (nSPS) is 12.2. The number of amides is 1. The number of nitrogens with one attached hydrogen (secondary N) is 1. The van der Waals surface area contributed by atoms with Crippen molar-refractivity contribution in [2.24, 2.45) is 5.92 Å². The Hall–Kier alpha value is -1.49. The maximum Gasteiger partial charge on any atom is 0.251 e. The SMILES string of the molecule is CC(CCO)CNC(=O)c1ccc(F)c(F)c1. The Kier molecular flexibility index (Phi) is 5.03. The fourth-order valence-corrected chi connectivity index (χ4v) is 1.33. The zero-order valence-electron chi connectivity index (χ0n) is 9.54. The third-order valence-corrected chi connectivity index (χ3v) is 2.41. The van der Waals surface area contributed by atoms with Crippen LogP contribution in [0, 0.1) is 17.6 Å². The molecule has 1 unspecified atom stereocenters. The van der Waals surface area contributed by atoms with Crippen molar-refractivity contribution in [1.82, 2.24) is 5.32 Å². The summed E-state index contributed by atoms with van der Waals surface area (Å²) < 4.78 is 25.5. The van der Waals surface area contributed by atoms with Crippen LogP contribution in [-0.4, -0.2) is 24.2 Å². The van der Waals surface area contributed by atoms with Crippen LogP contribution in [0.3, 0.4) is 0 Å². The highest BCUT2D eigenvalue weighted by atomic mass is 19.2. The van der Waals surface area contributed by atoms with E-state index in [0.717, 1.165) is 12.1 Å². The maximum absolute atomic E-state index is 12.9. The van der Waals surface area contributed by atoms with Crippen LogP contribution in [0.4, 0.5) is 8.78 Å². The quantitative estimate of drug-likeness (QED) is 0.827. The molecule has 1 rings (SSSR count). The second-order valence-corrected chi connectivity index (χ2v) is 3.96. The van der Waals surface area contributed by atoms with Crippen molar-refractivity contribution in [2.45, 2.75) is 13.3 Å². The second-order valence-electron chi connectivity index (χ2n) is 3.96. The van der Waals surface area contributed by atoms with Crippen LogP contribution in [0.25, 0.3) is 0 Å². The number of aliphatic hydroxyl groups excluding tert-OH is 1. The van der Waals surface area contributed by atoms with Crippen molar-refractivity contribution in [3.8, 4) is 0 Å². The summed E-state index contributed by atoms with van der Waals surface area (Å²) in [6, 6.07) is 3.01. The zero-order valence-corrected chi connectivity index (χ0v) is 9.54. The Balaban J connectivity index is 2.55. The molecule has 17 heavy (non-hydrogen) atoms. The summed E-state index contributed by atoms with van der Waals surface area (Å²) in [5, 5.41) is 11.3. The smallest absolute Gasteiger partial charge is 0.251 e. The van der Waals surface area contributed by atoms with Crippen LogP contribution in [0.2, 0.25) is 0 Å². The van der Waals surface area contributed by atoms with Crippen molar-refractivity contribution >= 4 is 5.91 Å². The molecule has 0 aliphatic carbocycles. The lowest BCUT2D eigenvalue weighted by Gasteiger charge is -2.11. The Morgan fingerprint density at radius 2 is 2.12 bits per heavy atom. The number of aliphatic hydroxyl groups is 1. The van der Waals surface area contributed by atoms with E-state index in [1.54, 1.807) is 0 Å². The fourth-order valence-electron chi connectivity index (χ4n) is 1.33. The van der Waals surface area contributed by atoms with Gasteiger partial charge in [0.2, 0.25) is 0 Å². The summed E-state index contributed by atoms with van der Waals surface area (Å²) in [7, 11) is 0. The van der Waals surface area contributed by atoms with Crippen LogP contribution in [0.15, 0.2) is 18.2 Å². The van der Waals surface area contributed by atoms with E-state index in [4.69, 9.17) is 5.11 Å². The number of hydrogen-bond acceptors (Lipinski definition) is 2. The molecule has 0 heterocycles. The van der Waals surface area contributed by atoms with Crippen LogP contribution < -0.4 is 5.32 Å². The zero-order chi connectivity index (χ0) is 12.8. The Bertz CT molecular complexity index is 396. The van der Waals surface area contributed by atoms with Gasteiger partial charge in [0.05, 0.1) is 0 Å². The third-order valence-electron chi connectivity index (χ3n) is 2.41. The predicted molar refractivity (Wildman–Crippen MR) is 59.6 cm³/mol. The van der Waals surface area contributed by atoms with Crippen molar-refractivity contribution < 1.29 is 18.7 Å². The van der Waals surface area contributed by atoms with E-state index in [9.17, 15) is 13.6 Å². The van der Waals surface area contributed by atoms with Gasteiger partial charge >= 0.3 is 0 Å². The molecule has 0 spiro atoms. The van der Waals surface area contributed by atoms with Crippen molar-refractivity contribution in [2.75, 3.05) is 13.2 Å². The van der Waals surface area contributed by atoms with Crippen LogP contribution in [0.5, 0.6) is 0 Å². The van der Waals surface area contributed by atoms with Crippen LogP contribution in [-0.2, 0) is 0 Å². The Labute approximate surface area is 98.5 Å². The standard InChI is InChI=1S/C12H15F2NO2/c1-8(4-5-16)7-15-12(17)9-2-3-10(13)11(14)6-9/h2-3,6,8,16H,4-5,7H2,1H3,(H,15,17). The van der Waals surface area contributed by atoms with E-state index in [2.05, 4.69) is 5.32 Å². The van der Waals surface area contributed by atoms with E-state index in [1.165, 1.54) is 6.07 Å². The summed E-state index contributed by atoms with van der Waals surface area (Å²) in [5.41, 5.74) is 0.0834. The highest BCUT2D eigenvalue weighted by Crippen LogP contribution is 2.08. The lowest BCUT2D eigenvalue weighted by Crippen LogP contribution is -2.28. The summed E-state index contributed by atoms with van der Waals surface area (Å²) in [4.78, 5) is 11.6. The molecule has 94 valence electrons. The van der Waals surface area contributed by atoms with Crippen molar-refractivity contribution in [1.29, 1.82) is 0 Å². The molecule has 0 saturated carbocycles. The summed E-state index contributed by atoms with van der Waals surface area (Å²) in [5.74, 6) is -2.33. The highest BCUT2D eigenvalue weighted by molar-refractivity contribution is 5.94. The number of hydrogen-bond donors (Lipinski definition) is 2. The fraction of sp³-hybridized carbons (Fsp3) is 0.417. The molecular weight excluding hydrogens is 228 g/mol. The minimum atomic E-state index is -1.04. The average Bonchev–Trinajstić information content (AvgIpc) is 2.30. The van der Waals surface area contributed by atoms with Crippen molar-refractivity contribution in [3.05, 3.63) is 35.4 Å². The number of carbonyl (C=O) groups excluding carboxylic acids is 1. The summed E-state index contributed by atoms with van der Waals surface area (Å²) >= 11 is 0. The van der Waals surface area contributed by atoms with Gasteiger partial charge in [0, 0.05) is 18.7 Å². The molecule has 0 bridgehead atoms. The molecule has 5 heteroatoms. The molecule has 0 aliphatic rings. The molecule has 0 aliphatic heterocycles. The van der Waals surface area contributed by atoms with Gasteiger partial charge in [-0.2, -0.15) is 0 Å². The van der Waals surface area contributed by atoms with Crippen LogP contribution >= 0.6 is 0 Å². The van der Waals surface area contributed by atoms with E-state index in [0.29, 0.717) is 13.0 Å². The van der Waals surface area contributed by atoms with E-state index in [-0.39, 0.29) is 18.1 Å². The van der Waals surface area contributed by atoms with Gasteiger partial charge < -0.3 is 10.4 Å². The summed E-state index contributed by atoms with van der Waals surface area (Å²) in [6.07, 6.45) is 0.581. The van der Waals surface area contributed by atoms with Gasteiger partial charge in [0.15, 0.2) is 11.6 Å². The molecule has 1 aromatic rings. The molecule has 3 nitrogen and oxygen atoms in total.